The fraction of sp³-hybridized carbons (Fsp3) is 0.333. The van der Waals surface area contributed by atoms with Crippen LogP contribution in [0.25, 0.3) is 10.9 Å². The summed E-state index contributed by atoms with van der Waals surface area (Å²) in [6.07, 6.45) is 0. The fourth-order valence-electron chi connectivity index (χ4n) is 2.23. The average Bonchev–Trinajstić information content (AvgIpc) is 2.96. The molecule has 3 rings (SSSR count). The highest BCUT2D eigenvalue weighted by Gasteiger charge is 2.20. The molecule has 2 heterocycles. The molecule has 0 aliphatic carbocycles. The van der Waals surface area contributed by atoms with Gasteiger partial charge in [0.15, 0.2) is 5.82 Å². The Bertz CT molecular complexity index is 915. The largest absolute Gasteiger partial charge is 0.360 e. The van der Waals surface area contributed by atoms with Crippen molar-refractivity contribution in [3.8, 4) is 0 Å². The van der Waals surface area contributed by atoms with Crippen LogP contribution in [0.5, 0.6) is 0 Å². The van der Waals surface area contributed by atoms with Gasteiger partial charge in [-0.25, -0.2) is 9.97 Å². The average molecular weight is 356 g/mol. The Kier molecular flexibility index (Phi) is 4.76. The van der Waals surface area contributed by atoms with Crippen LogP contribution in [0.4, 0.5) is 5.82 Å². The van der Waals surface area contributed by atoms with E-state index in [0.29, 0.717) is 11.6 Å². The standard InChI is InChI=1S/C18H20N4O2S/c1-11-9-14(22-24-11)20-15(23)10-25-16-12-7-5-6-8-13(12)19-17(21-16)18(2,3)4/h5-9H,10H2,1-4H3,(H,20,22,23). The van der Waals surface area contributed by atoms with Gasteiger partial charge in [0.25, 0.3) is 0 Å². The smallest absolute Gasteiger partial charge is 0.236 e. The molecule has 0 radical (unpaired) electrons. The Morgan fingerprint density at radius 1 is 1.24 bits per heavy atom. The molecule has 0 aliphatic rings. The van der Waals surface area contributed by atoms with Crippen LogP contribution in [-0.2, 0) is 10.2 Å². The summed E-state index contributed by atoms with van der Waals surface area (Å²) in [5.41, 5.74) is 0.720. The Morgan fingerprint density at radius 3 is 2.68 bits per heavy atom. The SMILES string of the molecule is Cc1cc(NC(=O)CSc2nc(C(C)(C)C)nc3ccccc23)no1. The van der Waals surface area contributed by atoms with E-state index < -0.39 is 0 Å². The summed E-state index contributed by atoms with van der Waals surface area (Å²) >= 11 is 1.39. The second kappa shape index (κ2) is 6.84. The van der Waals surface area contributed by atoms with Crippen LogP contribution < -0.4 is 5.32 Å². The zero-order valence-corrected chi connectivity index (χ0v) is 15.5. The molecule has 1 N–H and O–H groups in total. The number of hydrogen-bond donors (Lipinski definition) is 1. The molecule has 1 amide bonds. The van der Waals surface area contributed by atoms with Gasteiger partial charge in [-0.15, -0.1) is 0 Å². The lowest BCUT2D eigenvalue weighted by Crippen LogP contribution is -2.17. The van der Waals surface area contributed by atoms with Crippen LogP contribution in [0, 0.1) is 6.92 Å². The zero-order chi connectivity index (χ0) is 18.0. The lowest BCUT2D eigenvalue weighted by atomic mass is 9.95. The minimum Gasteiger partial charge on any atom is -0.360 e. The molecule has 0 unspecified atom stereocenters. The number of hydrogen-bond acceptors (Lipinski definition) is 6. The van der Waals surface area contributed by atoms with E-state index >= 15 is 0 Å². The van der Waals surface area contributed by atoms with Crippen molar-refractivity contribution in [3.63, 3.8) is 0 Å². The first kappa shape index (κ1) is 17.4. The molecule has 0 atom stereocenters. The number of para-hydroxylation sites is 1. The summed E-state index contributed by atoms with van der Waals surface area (Å²) in [5.74, 6) is 1.92. The molecule has 0 saturated heterocycles. The first-order chi connectivity index (χ1) is 11.8. The van der Waals surface area contributed by atoms with Crippen LogP contribution in [0.2, 0.25) is 0 Å². The van der Waals surface area contributed by atoms with Gasteiger partial charge in [0, 0.05) is 16.9 Å². The lowest BCUT2D eigenvalue weighted by molar-refractivity contribution is -0.113. The second-order valence-corrected chi connectivity index (χ2v) is 7.74. The van der Waals surface area contributed by atoms with Gasteiger partial charge in [0.2, 0.25) is 5.91 Å². The van der Waals surface area contributed by atoms with E-state index in [1.807, 2.05) is 24.3 Å². The number of amides is 1. The van der Waals surface area contributed by atoms with Crippen molar-refractivity contribution >= 4 is 34.4 Å². The predicted molar refractivity (Wildman–Crippen MR) is 98.8 cm³/mol. The normalized spacial score (nSPS) is 11.7. The van der Waals surface area contributed by atoms with Gasteiger partial charge in [0.05, 0.1) is 11.3 Å². The maximum Gasteiger partial charge on any atom is 0.236 e. The molecule has 2 aromatic heterocycles. The number of benzene rings is 1. The number of thioether (sulfide) groups is 1. The number of aryl methyl sites for hydroxylation is 1. The van der Waals surface area contributed by atoms with E-state index in [1.165, 1.54) is 11.8 Å². The minimum atomic E-state index is -0.167. The molecule has 3 aromatic rings. The Morgan fingerprint density at radius 2 is 2.00 bits per heavy atom. The van der Waals surface area contributed by atoms with E-state index in [4.69, 9.17) is 9.51 Å². The van der Waals surface area contributed by atoms with Gasteiger partial charge >= 0.3 is 0 Å². The third kappa shape index (κ3) is 4.17. The lowest BCUT2D eigenvalue weighted by Gasteiger charge is -2.18. The first-order valence-corrected chi connectivity index (χ1v) is 8.95. The Balaban J connectivity index is 1.81. The quantitative estimate of drug-likeness (QED) is 0.563. The number of rotatable bonds is 4. The summed E-state index contributed by atoms with van der Waals surface area (Å²) in [4.78, 5) is 21.5. The fourth-order valence-corrected chi connectivity index (χ4v) is 3.05. The third-order valence-electron chi connectivity index (χ3n) is 3.47. The van der Waals surface area contributed by atoms with E-state index in [-0.39, 0.29) is 17.1 Å². The van der Waals surface area contributed by atoms with Crippen LogP contribution in [0.3, 0.4) is 0 Å². The summed E-state index contributed by atoms with van der Waals surface area (Å²) in [6, 6.07) is 9.53. The molecule has 7 heteroatoms. The van der Waals surface area contributed by atoms with Crippen LogP contribution in [0.15, 0.2) is 39.9 Å². The van der Waals surface area contributed by atoms with Gasteiger partial charge in [-0.3, -0.25) is 4.79 Å². The van der Waals surface area contributed by atoms with E-state index in [2.05, 4.69) is 36.2 Å². The van der Waals surface area contributed by atoms with Crippen molar-refractivity contribution in [3.05, 3.63) is 41.9 Å². The summed E-state index contributed by atoms with van der Waals surface area (Å²) in [6.45, 7) is 8.00. The number of anilines is 1. The Hall–Kier alpha value is -2.41. The molecule has 0 fully saturated rings. The zero-order valence-electron chi connectivity index (χ0n) is 14.7. The topological polar surface area (TPSA) is 80.9 Å². The maximum absolute atomic E-state index is 12.2. The highest BCUT2D eigenvalue weighted by atomic mass is 32.2. The molecule has 0 bridgehead atoms. The van der Waals surface area contributed by atoms with Crippen molar-refractivity contribution in [1.82, 2.24) is 15.1 Å². The van der Waals surface area contributed by atoms with Crippen LogP contribution >= 0.6 is 11.8 Å². The Labute approximate surface area is 150 Å². The van der Waals surface area contributed by atoms with Gasteiger partial charge in [-0.1, -0.05) is 55.9 Å². The summed E-state index contributed by atoms with van der Waals surface area (Å²) < 4.78 is 4.95. The summed E-state index contributed by atoms with van der Waals surface area (Å²) in [5, 5.41) is 8.24. The highest BCUT2D eigenvalue weighted by Crippen LogP contribution is 2.29. The minimum absolute atomic E-state index is 0.154. The van der Waals surface area contributed by atoms with Gasteiger partial charge < -0.3 is 9.84 Å². The van der Waals surface area contributed by atoms with Crippen molar-refractivity contribution in [2.24, 2.45) is 0 Å². The molecular weight excluding hydrogens is 336 g/mol. The first-order valence-electron chi connectivity index (χ1n) is 7.96. The molecule has 0 spiro atoms. The number of nitrogens with one attached hydrogen (secondary N) is 1. The monoisotopic (exact) mass is 356 g/mol. The van der Waals surface area contributed by atoms with Crippen molar-refractivity contribution in [2.75, 3.05) is 11.1 Å². The van der Waals surface area contributed by atoms with Gasteiger partial charge in [0.1, 0.15) is 16.6 Å². The predicted octanol–water partition coefficient (Wildman–Crippen LogP) is 3.95. The number of aromatic nitrogens is 3. The van der Waals surface area contributed by atoms with E-state index in [0.717, 1.165) is 21.8 Å². The molecule has 0 aliphatic heterocycles. The second-order valence-electron chi connectivity index (χ2n) is 6.78. The number of nitrogens with zero attached hydrogens (tertiary/aromatic N) is 3. The molecule has 130 valence electrons. The molecule has 0 saturated carbocycles. The van der Waals surface area contributed by atoms with Crippen LogP contribution in [0.1, 0.15) is 32.4 Å². The van der Waals surface area contributed by atoms with E-state index in [1.54, 1.807) is 13.0 Å². The summed E-state index contributed by atoms with van der Waals surface area (Å²) in [7, 11) is 0. The molecule has 1 aromatic carbocycles. The highest BCUT2D eigenvalue weighted by molar-refractivity contribution is 8.00. The van der Waals surface area contributed by atoms with E-state index in [9.17, 15) is 4.79 Å². The van der Waals surface area contributed by atoms with Crippen molar-refractivity contribution < 1.29 is 9.32 Å². The number of carbonyl (C=O) groups excluding carboxylic acids is 1. The third-order valence-corrected chi connectivity index (χ3v) is 4.47. The maximum atomic E-state index is 12.2. The molecule has 25 heavy (non-hydrogen) atoms. The van der Waals surface area contributed by atoms with Crippen LogP contribution in [-0.4, -0.2) is 26.8 Å². The molecular formula is C18H20N4O2S. The van der Waals surface area contributed by atoms with Crippen molar-refractivity contribution in [2.45, 2.75) is 38.1 Å². The molecule has 6 nitrogen and oxygen atoms in total. The number of carbonyl (C=O) groups is 1. The van der Waals surface area contributed by atoms with Crippen molar-refractivity contribution in [1.29, 1.82) is 0 Å². The number of fused-ring (bicyclic) bond motifs is 1. The van der Waals surface area contributed by atoms with Gasteiger partial charge in [-0.2, -0.15) is 0 Å². The van der Waals surface area contributed by atoms with Gasteiger partial charge in [-0.05, 0) is 13.0 Å².